The number of aryl methyl sites for hydroxylation is 1. The van der Waals surface area contributed by atoms with Crippen molar-refractivity contribution in [2.75, 3.05) is 26.8 Å². The van der Waals surface area contributed by atoms with E-state index in [1.54, 1.807) is 0 Å². The molecule has 1 N–H and O–H groups in total. The van der Waals surface area contributed by atoms with E-state index in [4.69, 9.17) is 4.74 Å². The zero-order valence-electron chi connectivity index (χ0n) is 11.8. The quantitative estimate of drug-likeness (QED) is 0.683. The predicted molar refractivity (Wildman–Crippen MR) is 73.8 cm³/mol. The van der Waals surface area contributed by atoms with Crippen LogP contribution in [-0.4, -0.2) is 36.8 Å². The molecule has 1 heterocycles. The van der Waals surface area contributed by atoms with Gasteiger partial charge >= 0.3 is 0 Å². The maximum Gasteiger partial charge on any atom is 0.130 e. The van der Waals surface area contributed by atoms with Crippen LogP contribution in [0.15, 0.2) is 12.4 Å². The van der Waals surface area contributed by atoms with Gasteiger partial charge in [-0.25, -0.2) is 9.97 Å². The summed E-state index contributed by atoms with van der Waals surface area (Å²) >= 11 is 0. The summed E-state index contributed by atoms with van der Waals surface area (Å²) in [7, 11) is 1.96. The fraction of sp³-hybridized carbons (Fsp3) is 0.714. The molecule has 4 nitrogen and oxygen atoms in total. The molecule has 1 aromatic rings. The van der Waals surface area contributed by atoms with Crippen LogP contribution in [0.25, 0.3) is 0 Å². The molecule has 0 atom stereocenters. The van der Waals surface area contributed by atoms with Gasteiger partial charge in [0.1, 0.15) is 5.82 Å². The van der Waals surface area contributed by atoms with Gasteiger partial charge in [-0.2, -0.15) is 0 Å². The largest absolute Gasteiger partial charge is 0.381 e. The highest BCUT2D eigenvalue weighted by Crippen LogP contribution is 2.08. The van der Waals surface area contributed by atoms with E-state index in [1.807, 2.05) is 19.4 Å². The minimum Gasteiger partial charge on any atom is -0.381 e. The maximum atomic E-state index is 5.54. The van der Waals surface area contributed by atoms with Gasteiger partial charge in [0.2, 0.25) is 0 Å². The van der Waals surface area contributed by atoms with Crippen LogP contribution in [0.4, 0.5) is 0 Å². The van der Waals surface area contributed by atoms with Gasteiger partial charge in [0.15, 0.2) is 0 Å². The smallest absolute Gasteiger partial charge is 0.130 e. The fourth-order valence-electron chi connectivity index (χ4n) is 1.62. The maximum absolute atomic E-state index is 5.54. The number of ether oxygens (including phenoxy) is 1. The van der Waals surface area contributed by atoms with Gasteiger partial charge in [0, 0.05) is 31.5 Å². The van der Waals surface area contributed by atoms with Crippen molar-refractivity contribution in [1.29, 1.82) is 0 Å². The Balaban J connectivity index is 2.12. The average Bonchev–Trinajstić information content (AvgIpc) is 2.38. The molecule has 0 aliphatic carbocycles. The van der Waals surface area contributed by atoms with Crippen LogP contribution in [0, 0.1) is 0 Å². The Morgan fingerprint density at radius 1 is 1.17 bits per heavy atom. The van der Waals surface area contributed by atoms with Gasteiger partial charge in [-0.15, -0.1) is 0 Å². The van der Waals surface area contributed by atoms with Crippen molar-refractivity contribution in [3.63, 3.8) is 0 Å². The molecule has 0 amide bonds. The van der Waals surface area contributed by atoms with Crippen LogP contribution >= 0.6 is 0 Å². The van der Waals surface area contributed by atoms with Crippen molar-refractivity contribution in [3.05, 3.63) is 23.8 Å². The molecule has 102 valence electrons. The van der Waals surface area contributed by atoms with E-state index in [-0.39, 0.29) is 0 Å². The van der Waals surface area contributed by atoms with Crippen LogP contribution in [0.2, 0.25) is 0 Å². The fourth-order valence-corrected chi connectivity index (χ4v) is 1.62. The molecular formula is C14H25N3O. The van der Waals surface area contributed by atoms with E-state index in [0.717, 1.165) is 44.8 Å². The molecule has 0 saturated heterocycles. The van der Waals surface area contributed by atoms with Crippen molar-refractivity contribution in [3.8, 4) is 0 Å². The summed E-state index contributed by atoms with van der Waals surface area (Å²) in [6.07, 6.45) is 6.96. The van der Waals surface area contributed by atoms with Gasteiger partial charge in [-0.05, 0) is 38.4 Å². The first kappa shape index (κ1) is 15.1. The summed E-state index contributed by atoms with van der Waals surface area (Å²) in [5, 5.41) is 3.10. The molecule has 0 aliphatic heterocycles. The molecule has 0 saturated carbocycles. The lowest BCUT2D eigenvalue weighted by molar-refractivity contribution is 0.130. The van der Waals surface area contributed by atoms with Crippen LogP contribution in [0.5, 0.6) is 0 Å². The molecule has 0 radical (unpaired) electrons. The van der Waals surface area contributed by atoms with Crippen LogP contribution in [-0.2, 0) is 11.2 Å². The summed E-state index contributed by atoms with van der Waals surface area (Å²) in [4.78, 5) is 8.71. The first-order valence-electron chi connectivity index (χ1n) is 6.77. The molecule has 0 bridgehead atoms. The van der Waals surface area contributed by atoms with Gasteiger partial charge in [0.25, 0.3) is 0 Å². The van der Waals surface area contributed by atoms with E-state index < -0.39 is 0 Å². The highest BCUT2D eigenvalue weighted by Gasteiger charge is 2.02. The Labute approximate surface area is 110 Å². The summed E-state index contributed by atoms with van der Waals surface area (Å²) in [5.74, 6) is 1.32. The zero-order chi connectivity index (χ0) is 13.2. The number of nitrogens with one attached hydrogen (secondary N) is 1. The second-order valence-corrected chi connectivity index (χ2v) is 4.78. The van der Waals surface area contributed by atoms with Gasteiger partial charge < -0.3 is 10.1 Å². The second-order valence-electron chi connectivity index (χ2n) is 4.78. The average molecular weight is 251 g/mol. The topological polar surface area (TPSA) is 47.0 Å². The number of nitrogens with zero attached hydrogens (tertiary/aromatic N) is 2. The summed E-state index contributed by atoms with van der Waals surface area (Å²) in [6.45, 7) is 6.88. The van der Waals surface area contributed by atoms with Gasteiger partial charge in [-0.3, -0.25) is 0 Å². The van der Waals surface area contributed by atoms with Crippen LogP contribution < -0.4 is 5.32 Å². The summed E-state index contributed by atoms with van der Waals surface area (Å²) in [6, 6.07) is 0. The highest BCUT2D eigenvalue weighted by atomic mass is 16.5. The second kappa shape index (κ2) is 9.00. The Kier molecular flexibility index (Phi) is 7.53. The van der Waals surface area contributed by atoms with E-state index in [1.165, 1.54) is 5.56 Å². The minimum atomic E-state index is 0.398. The molecule has 4 heteroatoms. The molecule has 18 heavy (non-hydrogen) atoms. The minimum absolute atomic E-state index is 0.398. The normalized spacial score (nSPS) is 11.1. The molecule has 0 aliphatic rings. The SMILES string of the molecule is CNCCCOCCCc1cnc(C(C)C)nc1. The molecule has 1 aromatic heterocycles. The number of rotatable bonds is 9. The molecular weight excluding hydrogens is 226 g/mol. The van der Waals surface area contributed by atoms with Crippen LogP contribution in [0.1, 0.15) is 44.0 Å². The lowest BCUT2D eigenvalue weighted by atomic mass is 10.2. The van der Waals surface area contributed by atoms with Crippen molar-refractivity contribution >= 4 is 0 Å². The molecule has 0 fully saturated rings. The van der Waals surface area contributed by atoms with E-state index >= 15 is 0 Å². The van der Waals surface area contributed by atoms with Crippen molar-refractivity contribution in [2.45, 2.75) is 39.0 Å². The lowest BCUT2D eigenvalue weighted by Crippen LogP contribution is -2.10. The first-order valence-corrected chi connectivity index (χ1v) is 6.77. The summed E-state index contributed by atoms with van der Waals surface area (Å²) < 4.78 is 5.54. The Bertz CT molecular complexity index is 311. The first-order chi connectivity index (χ1) is 8.74. The Hall–Kier alpha value is -1.00. The van der Waals surface area contributed by atoms with Gasteiger partial charge in [0.05, 0.1) is 0 Å². The number of aromatic nitrogens is 2. The Morgan fingerprint density at radius 2 is 1.83 bits per heavy atom. The van der Waals surface area contributed by atoms with Crippen molar-refractivity contribution < 1.29 is 4.74 Å². The molecule has 1 rings (SSSR count). The van der Waals surface area contributed by atoms with Crippen molar-refractivity contribution in [1.82, 2.24) is 15.3 Å². The standard InChI is InChI=1S/C14H25N3O/c1-12(2)14-16-10-13(11-17-14)6-4-8-18-9-5-7-15-3/h10-12,15H,4-9H2,1-3H3. The third kappa shape index (κ3) is 6.07. The van der Waals surface area contributed by atoms with Gasteiger partial charge in [-0.1, -0.05) is 13.8 Å². The predicted octanol–water partition coefficient (Wildman–Crippen LogP) is 2.16. The highest BCUT2D eigenvalue weighted by molar-refractivity contribution is 5.06. The third-order valence-electron chi connectivity index (χ3n) is 2.71. The monoisotopic (exact) mass is 251 g/mol. The molecule has 0 unspecified atom stereocenters. The third-order valence-corrected chi connectivity index (χ3v) is 2.71. The Morgan fingerprint density at radius 3 is 2.44 bits per heavy atom. The number of hydrogen-bond donors (Lipinski definition) is 1. The molecule has 0 spiro atoms. The lowest BCUT2D eigenvalue weighted by Gasteiger charge is -2.06. The molecule has 0 aromatic carbocycles. The van der Waals surface area contributed by atoms with E-state index in [9.17, 15) is 0 Å². The summed E-state index contributed by atoms with van der Waals surface area (Å²) in [5.41, 5.74) is 1.19. The zero-order valence-corrected chi connectivity index (χ0v) is 11.8. The van der Waals surface area contributed by atoms with Crippen molar-refractivity contribution in [2.24, 2.45) is 0 Å². The van der Waals surface area contributed by atoms with E-state index in [2.05, 4.69) is 29.1 Å². The van der Waals surface area contributed by atoms with Crippen LogP contribution in [0.3, 0.4) is 0 Å². The number of hydrogen-bond acceptors (Lipinski definition) is 4. The van der Waals surface area contributed by atoms with E-state index in [0.29, 0.717) is 5.92 Å².